The van der Waals surface area contributed by atoms with Crippen molar-refractivity contribution >= 4 is 22.4 Å². The predicted octanol–water partition coefficient (Wildman–Crippen LogP) is 2.93. The summed E-state index contributed by atoms with van der Waals surface area (Å²) >= 11 is 1.29. The molecule has 2 aromatic heterocycles. The van der Waals surface area contributed by atoms with Gasteiger partial charge in [-0.25, -0.2) is 0 Å². The van der Waals surface area contributed by atoms with E-state index in [1.165, 1.54) is 11.3 Å². The molecule has 23 heavy (non-hydrogen) atoms. The summed E-state index contributed by atoms with van der Waals surface area (Å²) in [6, 6.07) is 11.3. The molecular weight excluding hydrogens is 312 g/mol. The topological polar surface area (TPSA) is 77.0 Å². The van der Waals surface area contributed by atoms with Crippen LogP contribution in [0.2, 0.25) is 0 Å². The summed E-state index contributed by atoms with van der Waals surface area (Å²) in [6.07, 6.45) is 3.39. The average Bonchev–Trinajstić information content (AvgIpc) is 3.03. The highest BCUT2D eigenvalue weighted by Crippen LogP contribution is 2.25. The van der Waals surface area contributed by atoms with Gasteiger partial charge < -0.3 is 4.74 Å². The van der Waals surface area contributed by atoms with E-state index in [9.17, 15) is 4.79 Å². The predicted molar refractivity (Wildman–Crippen MR) is 88.4 cm³/mol. The summed E-state index contributed by atoms with van der Waals surface area (Å²) in [4.78, 5) is 16.0. The van der Waals surface area contributed by atoms with Crippen molar-refractivity contribution in [3.05, 3.63) is 54.4 Å². The second-order valence-electron chi connectivity index (χ2n) is 4.76. The van der Waals surface area contributed by atoms with Crippen LogP contribution < -0.4 is 10.1 Å². The Bertz CT molecular complexity index is 805. The van der Waals surface area contributed by atoms with E-state index in [4.69, 9.17) is 4.74 Å². The van der Waals surface area contributed by atoms with E-state index in [0.29, 0.717) is 15.9 Å². The van der Waals surface area contributed by atoms with Gasteiger partial charge in [0.1, 0.15) is 5.75 Å². The molecule has 0 fully saturated rings. The van der Waals surface area contributed by atoms with Crippen LogP contribution in [0.25, 0.3) is 10.6 Å². The van der Waals surface area contributed by atoms with Gasteiger partial charge in [-0.3, -0.25) is 15.1 Å². The molecule has 2 heterocycles. The Balaban J connectivity index is 1.58. The summed E-state index contributed by atoms with van der Waals surface area (Å²) in [5.74, 6) is 0.415. The zero-order chi connectivity index (χ0) is 16.1. The number of hydrogen-bond acceptors (Lipinski definition) is 6. The Morgan fingerprint density at radius 1 is 1.22 bits per heavy atom. The minimum Gasteiger partial charge on any atom is -0.483 e. The first-order valence-electron chi connectivity index (χ1n) is 6.94. The molecule has 0 aliphatic rings. The maximum atomic E-state index is 11.9. The van der Waals surface area contributed by atoms with E-state index in [-0.39, 0.29) is 12.5 Å². The van der Waals surface area contributed by atoms with Gasteiger partial charge in [-0.1, -0.05) is 29.5 Å². The molecule has 1 aromatic carbocycles. The fourth-order valence-electron chi connectivity index (χ4n) is 1.90. The first-order valence-corrected chi connectivity index (χ1v) is 7.76. The first kappa shape index (κ1) is 15.1. The zero-order valence-corrected chi connectivity index (χ0v) is 13.2. The summed E-state index contributed by atoms with van der Waals surface area (Å²) in [5.41, 5.74) is 1.84. The number of amides is 1. The van der Waals surface area contributed by atoms with Crippen LogP contribution in [0, 0.1) is 6.92 Å². The van der Waals surface area contributed by atoms with E-state index in [0.717, 1.165) is 11.1 Å². The van der Waals surface area contributed by atoms with E-state index in [1.54, 1.807) is 12.4 Å². The molecule has 0 unspecified atom stereocenters. The molecule has 7 heteroatoms. The van der Waals surface area contributed by atoms with Crippen LogP contribution in [0.4, 0.5) is 5.13 Å². The van der Waals surface area contributed by atoms with E-state index in [2.05, 4.69) is 20.5 Å². The monoisotopic (exact) mass is 326 g/mol. The minimum absolute atomic E-state index is 0.0767. The lowest BCUT2D eigenvalue weighted by Crippen LogP contribution is -2.20. The van der Waals surface area contributed by atoms with Gasteiger partial charge in [-0.2, -0.15) is 0 Å². The lowest BCUT2D eigenvalue weighted by Gasteiger charge is -2.07. The van der Waals surface area contributed by atoms with Gasteiger partial charge in [0.15, 0.2) is 11.6 Å². The molecular formula is C16H14N4O2S. The van der Waals surface area contributed by atoms with Crippen LogP contribution in [0.3, 0.4) is 0 Å². The van der Waals surface area contributed by atoms with Crippen LogP contribution in [0.15, 0.2) is 48.8 Å². The number of nitrogens with one attached hydrogen (secondary N) is 1. The smallest absolute Gasteiger partial charge is 0.264 e. The van der Waals surface area contributed by atoms with Gasteiger partial charge in [-0.15, -0.1) is 10.2 Å². The van der Waals surface area contributed by atoms with Crippen molar-refractivity contribution < 1.29 is 9.53 Å². The highest BCUT2D eigenvalue weighted by molar-refractivity contribution is 7.18. The fraction of sp³-hybridized carbons (Fsp3) is 0.125. The molecule has 0 radical (unpaired) electrons. The van der Waals surface area contributed by atoms with E-state index >= 15 is 0 Å². The molecule has 6 nitrogen and oxygen atoms in total. The van der Waals surface area contributed by atoms with Gasteiger partial charge in [-0.05, 0) is 30.7 Å². The maximum absolute atomic E-state index is 11.9. The largest absolute Gasteiger partial charge is 0.483 e. The van der Waals surface area contributed by atoms with Gasteiger partial charge in [0.05, 0.1) is 0 Å². The summed E-state index contributed by atoms with van der Waals surface area (Å²) in [6.45, 7) is 1.85. The number of rotatable bonds is 5. The molecule has 3 aromatic rings. The highest BCUT2D eigenvalue weighted by atomic mass is 32.1. The Kier molecular flexibility index (Phi) is 4.58. The van der Waals surface area contributed by atoms with Crippen LogP contribution in [-0.4, -0.2) is 27.7 Å². The van der Waals surface area contributed by atoms with E-state index < -0.39 is 0 Å². The quantitative estimate of drug-likeness (QED) is 0.780. The maximum Gasteiger partial charge on any atom is 0.264 e. The first-order chi connectivity index (χ1) is 11.2. The number of ether oxygens (including phenoxy) is 1. The highest BCUT2D eigenvalue weighted by Gasteiger charge is 2.10. The average molecular weight is 326 g/mol. The van der Waals surface area contributed by atoms with E-state index in [1.807, 2.05) is 43.3 Å². The number of carbonyl (C=O) groups excluding carboxylic acids is 1. The normalized spacial score (nSPS) is 10.3. The fourth-order valence-corrected chi connectivity index (χ4v) is 2.65. The molecule has 0 saturated carbocycles. The summed E-state index contributed by atoms with van der Waals surface area (Å²) in [7, 11) is 0. The molecule has 116 valence electrons. The number of carbonyl (C=O) groups is 1. The SMILES string of the molecule is Cc1ccccc1OCC(=O)Nc1nnc(-c2cccnc2)s1. The summed E-state index contributed by atoms with van der Waals surface area (Å²) in [5, 5.41) is 11.8. The van der Waals surface area contributed by atoms with Gasteiger partial charge in [0.25, 0.3) is 5.91 Å². The molecule has 0 aliphatic carbocycles. The number of pyridine rings is 1. The van der Waals surface area contributed by atoms with Crippen LogP contribution in [-0.2, 0) is 4.79 Å². The molecule has 3 rings (SSSR count). The molecule has 1 N–H and O–H groups in total. The number of para-hydroxylation sites is 1. The van der Waals surface area contributed by atoms with Crippen molar-refractivity contribution in [3.63, 3.8) is 0 Å². The zero-order valence-electron chi connectivity index (χ0n) is 12.4. The molecule has 0 spiro atoms. The Labute approximate surface area is 137 Å². The molecule has 0 bridgehead atoms. The number of aryl methyl sites for hydroxylation is 1. The Hall–Kier alpha value is -2.80. The summed E-state index contributed by atoms with van der Waals surface area (Å²) < 4.78 is 5.50. The third-order valence-corrected chi connectivity index (χ3v) is 3.92. The third kappa shape index (κ3) is 3.89. The molecule has 0 aliphatic heterocycles. The number of benzene rings is 1. The van der Waals surface area contributed by atoms with Crippen molar-refractivity contribution in [1.29, 1.82) is 0 Å². The van der Waals surface area contributed by atoms with Gasteiger partial charge in [0, 0.05) is 18.0 Å². The number of anilines is 1. The minimum atomic E-state index is -0.276. The number of nitrogens with zero attached hydrogens (tertiary/aromatic N) is 3. The van der Waals surface area contributed by atoms with Crippen molar-refractivity contribution in [2.45, 2.75) is 6.92 Å². The van der Waals surface area contributed by atoms with Crippen molar-refractivity contribution in [2.75, 3.05) is 11.9 Å². The second kappa shape index (κ2) is 6.97. The van der Waals surface area contributed by atoms with Gasteiger partial charge >= 0.3 is 0 Å². The molecule has 1 amide bonds. The number of hydrogen-bond donors (Lipinski definition) is 1. The standard InChI is InChI=1S/C16H14N4O2S/c1-11-5-2-3-7-13(11)22-10-14(21)18-16-20-19-15(23-16)12-6-4-8-17-9-12/h2-9H,10H2,1H3,(H,18,20,21). The van der Waals surface area contributed by atoms with Crippen molar-refractivity contribution in [3.8, 4) is 16.3 Å². The molecule has 0 atom stereocenters. The number of aromatic nitrogens is 3. The Morgan fingerprint density at radius 3 is 2.87 bits per heavy atom. The van der Waals surface area contributed by atoms with Crippen molar-refractivity contribution in [1.82, 2.24) is 15.2 Å². The van der Waals surface area contributed by atoms with Crippen LogP contribution in [0.5, 0.6) is 5.75 Å². The molecule has 0 saturated heterocycles. The second-order valence-corrected chi connectivity index (χ2v) is 5.73. The van der Waals surface area contributed by atoms with Crippen LogP contribution >= 0.6 is 11.3 Å². The lowest BCUT2D eigenvalue weighted by atomic mass is 10.2. The Morgan fingerprint density at radius 2 is 2.09 bits per heavy atom. The lowest BCUT2D eigenvalue weighted by molar-refractivity contribution is -0.118. The van der Waals surface area contributed by atoms with Crippen LogP contribution in [0.1, 0.15) is 5.56 Å². The van der Waals surface area contributed by atoms with Gasteiger partial charge in [0.2, 0.25) is 5.13 Å². The van der Waals surface area contributed by atoms with Crippen molar-refractivity contribution in [2.24, 2.45) is 0 Å². The third-order valence-electron chi connectivity index (χ3n) is 3.03.